The maximum Gasteiger partial charge on any atom is 0.0493 e. The lowest BCUT2D eigenvalue weighted by Gasteiger charge is -2.35. The van der Waals surface area contributed by atoms with Crippen LogP contribution in [0.4, 0.5) is 0 Å². The summed E-state index contributed by atoms with van der Waals surface area (Å²) < 4.78 is 0. The Kier molecular flexibility index (Phi) is 4.41. The summed E-state index contributed by atoms with van der Waals surface area (Å²) in [6.45, 7) is 3.07. The summed E-state index contributed by atoms with van der Waals surface area (Å²) in [5, 5.41) is 9.82. The monoisotopic (exact) mass is 247 g/mol. The molecule has 18 heavy (non-hydrogen) atoms. The van der Waals surface area contributed by atoms with Gasteiger partial charge in [-0.2, -0.15) is 0 Å². The molecule has 100 valence electrons. The van der Waals surface area contributed by atoms with Crippen LogP contribution >= 0.6 is 0 Å². The van der Waals surface area contributed by atoms with Crippen LogP contribution in [-0.4, -0.2) is 18.3 Å². The molecule has 2 rings (SSSR count). The molecule has 0 bridgehead atoms. The van der Waals surface area contributed by atoms with Gasteiger partial charge in [0.25, 0.3) is 0 Å². The SMILES string of the molecule is CCc1ccc(C(CN)C2(CO)CCCC2)cc1. The zero-order valence-corrected chi connectivity index (χ0v) is 11.4. The molecule has 1 fully saturated rings. The number of nitrogens with two attached hydrogens (primary N) is 1. The average Bonchev–Trinajstić information content (AvgIpc) is 2.90. The van der Waals surface area contributed by atoms with E-state index in [9.17, 15) is 5.11 Å². The molecule has 1 aliphatic carbocycles. The predicted octanol–water partition coefficient (Wildman–Crippen LogP) is 2.84. The first-order valence-corrected chi connectivity index (χ1v) is 7.15. The minimum Gasteiger partial charge on any atom is -0.396 e. The Hall–Kier alpha value is -0.860. The van der Waals surface area contributed by atoms with E-state index in [0.717, 1.165) is 19.3 Å². The minimum absolute atomic E-state index is 0.0302. The molecular weight excluding hydrogens is 222 g/mol. The molecule has 2 heteroatoms. The van der Waals surface area contributed by atoms with Gasteiger partial charge >= 0.3 is 0 Å². The zero-order valence-electron chi connectivity index (χ0n) is 11.4. The Bertz CT molecular complexity index is 365. The van der Waals surface area contributed by atoms with Gasteiger partial charge in [-0.1, -0.05) is 44.0 Å². The van der Waals surface area contributed by atoms with Gasteiger partial charge in [-0.15, -0.1) is 0 Å². The normalized spacial score (nSPS) is 19.9. The maximum atomic E-state index is 9.82. The van der Waals surface area contributed by atoms with Crippen LogP contribution in [0.2, 0.25) is 0 Å². The Morgan fingerprint density at radius 1 is 1.22 bits per heavy atom. The molecule has 0 aliphatic heterocycles. The first-order valence-electron chi connectivity index (χ1n) is 7.15. The van der Waals surface area contributed by atoms with E-state index < -0.39 is 0 Å². The lowest BCUT2D eigenvalue weighted by molar-refractivity contribution is 0.103. The van der Waals surface area contributed by atoms with Crippen LogP contribution in [0.3, 0.4) is 0 Å². The van der Waals surface area contributed by atoms with E-state index in [4.69, 9.17) is 5.73 Å². The van der Waals surface area contributed by atoms with Crippen molar-refractivity contribution < 1.29 is 5.11 Å². The zero-order chi connectivity index (χ0) is 13.0. The average molecular weight is 247 g/mol. The highest BCUT2D eigenvalue weighted by Crippen LogP contribution is 2.48. The number of hydrogen-bond donors (Lipinski definition) is 2. The highest BCUT2D eigenvalue weighted by Gasteiger charge is 2.40. The van der Waals surface area contributed by atoms with Gasteiger partial charge in [0.15, 0.2) is 0 Å². The second kappa shape index (κ2) is 5.85. The van der Waals surface area contributed by atoms with Gasteiger partial charge in [0.2, 0.25) is 0 Å². The third kappa shape index (κ3) is 2.45. The standard InChI is InChI=1S/C16H25NO/c1-2-13-5-7-14(8-6-13)15(11-17)16(12-18)9-3-4-10-16/h5-8,15,18H,2-4,9-12,17H2,1H3. The molecule has 3 N–H and O–H groups in total. The number of rotatable bonds is 5. The molecule has 1 saturated carbocycles. The molecule has 0 aromatic heterocycles. The summed E-state index contributed by atoms with van der Waals surface area (Å²) in [6, 6.07) is 8.79. The largest absolute Gasteiger partial charge is 0.396 e. The molecule has 1 aromatic carbocycles. The highest BCUT2D eigenvalue weighted by atomic mass is 16.3. The second-order valence-corrected chi connectivity index (χ2v) is 5.61. The van der Waals surface area contributed by atoms with Gasteiger partial charge in [0, 0.05) is 17.9 Å². The maximum absolute atomic E-state index is 9.82. The van der Waals surface area contributed by atoms with E-state index >= 15 is 0 Å². The molecular formula is C16H25NO. The van der Waals surface area contributed by atoms with Crippen molar-refractivity contribution in [2.75, 3.05) is 13.2 Å². The van der Waals surface area contributed by atoms with E-state index in [-0.39, 0.29) is 12.0 Å². The van der Waals surface area contributed by atoms with Crippen molar-refractivity contribution in [1.29, 1.82) is 0 Å². The Balaban J connectivity index is 2.26. The van der Waals surface area contributed by atoms with Crippen LogP contribution in [0.5, 0.6) is 0 Å². The molecule has 0 spiro atoms. The second-order valence-electron chi connectivity index (χ2n) is 5.61. The summed E-state index contributed by atoms with van der Waals surface area (Å²) in [7, 11) is 0. The molecule has 0 heterocycles. The fourth-order valence-electron chi connectivity index (χ4n) is 3.42. The smallest absolute Gasteiger partial charge is 0.0493 e. The van der Waals surface area contributed by atoms with Crippen molar-refractivity contribution in [3.05, 3.63) is 35.4 Å². The van der Waals surface area contributed by atoms with Crippen LogP contribution in [0.1, 0.15) is 49.7 Å². The Labute approximate surface area is 110 Å². The van der Waals surface area contributed by atoms with E-state index in [1.807, 2.05) is 0 Å². The van der Waals surface area contributed by atoms with Crippen molar-refractivity contribution >= 4 is 0 Å². The van der Waals surface area contributed by atoms with Crippen LogP contribution in [0.25, 0.3) is 0 Å². The lowest BCUT2D eigenvalue weighted by atomic mass is 9.71. The summed E-state index contributed by atoms with van der Waals surface area (Å²) in [5.41, 5.74) is 8.69. The van der Waals surface area contributed by atoms with E-state index in [1.165, 1.54) is 24.0 Å². The van der Waals surface area contributed by atoms with Gasteiger partial charge in [-0.25, -0.2) is 0 Å². The third-order valence-electron chi connectivity index (χ3n) is 4.68. The van der Waals surface area contributed by atoms with E-state index in [2.05, 4.69) is 31.2 Å². The van der Waals surface area contributed by atoms with Crippen LogP contribution in [0, 0.1) is 5.41 Å². The quantitative estimate of drug-likeness (QED) is 0.840. The molecule has 0 saturated heterocycles. The van der Waals surface area contributed by atoms with Gasteiger partial charge in [-0.05, 0) is 36.9 Å². The van der Waals surface area contributed by atoms with E-state index in [0.29, 0.717) is 12.5 Å². The first kappa shape index (κ1) is 13.6. The van der Waals surface area contributed by atoms with Crippen molar-refractivity contribution in [3.63, 3.8) is 0 Å². The van der Waals surface area contributed by atoms with Crippen molar-refractivity contribution in [2.24, 2.45) is 11.1 Å². The van der Waals surface area contributed by atoms with Crippen LogP contribution < -0.4 is 5.73 Å². The molecule has 0 radical (unpaired) electrons. The number of benzene rings is 1. The third-order valence-corrected chi connectivity index (χ3v) is 4.68. The fraction of sp³-hybridized carbons (Fsp3) is 0.625. The fourth-order valence-corrected chi connectivity index (χ4v) is 3.42. The van der Waals surface area contributed by atoms with Crippen molar-refractivity contribution in [1.82, 2.24) is 0 Å². The molecule has 2 nitrogen and oxygen atoms in total. The predicted molar refractivity (Wildman–Crippen MR) is 75.6 cm³/mol. The van der Waals surface area contributed by atoms with Crippen LogP contribution in [0.15, 0.2) is 24.3 Å². The molecule has 1 aliphatic rings. The van der Waals surface area contributed by atoms with Crippen LogP contribution in [-0.2, 0) is 6.42 Å². The number of aryl methyl sites for hydroxylation is 1. The molecule has 1 aromatic rings. The highest BCUT2D eigenvalue weighted by molar-refractivity contribution is 5.28. The van der Waals surface area contributed by atoms with E-state index in [1.54, 1.807) is 0 Å². The summed E-state index contributed by atoms with van der Waals surface area (Å²) in [6.07, 6.45) is 5.74. The summed E-state index contributed by atoms with van der Waals surface area (Å²) >= 11 is 0. The molecule has 1 atom stereocenters. The summed E-state index contributed by atoms with van der Waals surface area (Å²) in [5.74, 6) is 0.302. The first-order chi connectivity index (χ1) is 8.75. The minimum atomic E-state index is 0.0302. The summed E-state index contributed by atoms with van der Waals surface area (Å²) in [4.78, 5) is 0. The van der Waals surface area contributed by atoms with Gasteiger partial charge in [0.1, 0.15) is 0 Å². The van der Waals surface area contributed by atoms with Gasteiger partial charge in [-0.3, -0.25) is 0 Å². The van der Waals surface area contributed by atoms with Crippen molar-refractivity contribution in [3.8, 4) is 0 Å². The molecule has 0 amide bonds. The number of aliphatic hydroxyl groups is 1. The molecule has 1 unspecified atom stereocenters. The Morgan fingerprint density at radius 3 is 2.28 bits per heavy atom. The van der Waals surface area contributed by atoms with Gasteiger partial charge in [0.05, 0.1) is 0 Å². The lowest BCUT2D eigenvalue weighted by Crippen LogP contribution is -2.34. The Morgan fingerprint density at radius 2 is 1.83 bits per heavy atom. The van der Waals surface area contributed by atoms with Gasteiger partial charge < -0.3 is 10.8 Å². The van der Waals surface area contributed by atoms with Crippen molar-refractivity contribution in [2.45, 2.75) is 44.9 Å². The number of aliphatic hydroxyl groups excluding tert-OH is 1. The topological polar surface area (TPSA) is 46.2 Å². The number of hydrogen-bond acceptors (Lipinski definition) is 2.